The first-order valence-corrected chi connectivity index (χ1v) is 9.69. The summed E-state index contributed by atoms with van der Waals surface area (Å²) in [6.45, 7) is 6.30. The van der Waals surface area contributed by atoms with Crippen LogP contribution in [0, 0.1) is 12.7 Å². The molecule has 150 valence electrons. The molecule has 5 nitrogen and oxygen atoms in total. The molecule has 2 aromatic rings. The second kappa shape index (κ2) is 9.55. The van der Waals surface area contributed by atoms with Gasteiger partial charge in [0.25, 0.3) is 0 Å². The summed E-state index contributed by atoms with van der Waals surface area (Å²) >= 11 is 0. The van der Waals surface area contributed by atoms with E-state index < -0.39 is 0 Å². The van der Waals surface area contributed by atoms with Gasteiger partial charge in [-0.3, -0.25) is 4.90 Å². The third-order valence-corrected chi connectivity index (χ3v) is 5.21. The molecule has 0 atom stereocenters. The Morgan fingerprint density at radius 3 is 2.57 bits per heavy atom. The van der Waals surface area contributed by atoms with Crippen molar-refractivity contribution in [2.45, 2.75) is 19.9 Å². The molecule has 28 heavy (non-hydrogen) atoms. The molecule has 2 aromatic carbocycles. The van der Waals surface area contributed by atoms with E-state index in [1.807, 2.05) is 23.1 Å². The van der Waals surface area contributed by atoms with Crippen LogP contribution >= 0.6 is 0 Å². The number of halogens is 1. The van der Waals surface area contributed by atoms with Crippen LogP contribution in [0.2, 0.25) is 0 Å². The monoisotopic (exact) mass is 385 g/mol. The first kappa shape index (κ1) is 20.1. The lowest BCUT2D eigenvalue weighted by molar-refractivity contribution is 0.135. The van der Waals surface area contributed by atoms with E-state index in [1.165, 1.54) is 24.3 Å². The van der Waals surface area contributed by atoms with Crippen molar-refractivity contribution in [3.05, 3.63) is 65.0 Å². The molecule has 1 aliphatic rings. The van der Waals surface area contributed by atoms with Crippen LogP contribution in [0.1, 0.15) is 16.7 Å². The van der Waals surface area contributed by atoms with Gasteiger partial charge in [-0.1, -0.05) is 30.3 Å². The average molecular weight is 385 g/mol. The van der Waals surface area contributed by atoms with E-state index in [-0.39, 0.29) is 17.6 Å². The Morgan fingerprint density at radius 2 is 1.89 bits per heavy atom. The molecule has 3 rings (SSSR count). The van der Waals surface area contributed by atoms with Gasteiger partial charge in [-0.15, -0.1) is 0 Å². The quantitative estimate of drug-likeness (QED) is 0.831. The summed E-state index contributed by atoms with van der Waals surface area (Å²) in [5, 5.41) is 3.02. The molecule has 1 N–H and O–H groups in total. The van der Waals surface area contributed by atoms with E-state index in [2.05, 4.69) is 29.3 Å². The molecule has 1 fully saturated rings. The van der Waals surface area contributed by atoms with Crippen LogP contribution in [-0.4, -0.2) is 55.7 Å². The highest BCUT2D eigenvalue weighted by molar-refractivity contribution is 5.74. The Morgan fingerprint density at radius 1 is 1.14 bits per heavy atom. The molecule has 6 heteroatoms. The lowest BCUT2D eigenvalue weighted by Crippen LogP contribution is -2.51. The van der Waals surface area contributed by atoms with Gasteiger partial charge in [0.2, 0.25) is 0 Å². The maximum atomic E-state index is 13.8. The molecule has 0 bridgehead atoms. The van der Waals surface area contributed by atoms with Gasteiger partial charge in [0.1, 0.15) is 0 Å². The normalized spacial score (nSPS) is 14.8. The fourth-order valence-corrected chi connectivity index (χ4v) is 3.48. The standard InChI is InChI=1S/C22H28FN3O2/c1-17-5-3-4-6-19(17)9-10-24-22(27)26-13-11-25(12-14-26)16-18-7-8-21(28-2)20(23)15-18/h3-8,15H,9-14,16H2,1-2H3,(H,24,27). The minimum absolute atomic E-state index is 0.0104. The van der Waals surface area contributed by atoms with Gasteiger partial charge in [0, 0.05) is 39.3 Å². The molecule has 0 radical (unpaired) electrons. The number of methoxy groups -OCH3 is 1. The molecule has 1 saturated heterocycles. The first-order valence-electron chi connectivity index (χ1n) is 9.69. The van der Waals surface area contributed by atoms with Gasteiger partial charge in [-0.25, -0.2) is 9.18 Å². The van der Waals surface area contributed by atoms with Crippen LogP contribution in [0.4, 0.5) is 9.18 Å². The second-order valence-electron chi connectivity index (χ2n) is 7.14. The number of carbonyl (C=O) groups is 1. The summed E-state index contributed by atoms with van der Waals surface area (Å²) in [5.41, 5.74) is 3.43. The topological polar surface area (TPSA) is 44.8 Å². The molecule has 0 aliphatic carbocycles. The number of amides is 2. The Labute approximate surface area is 166 Å². The van der Waals surface area contributed by atoms with Crippen LogP contribution in [0.15, 0.2) is 42.5 Å². The Hall–Kier alpha value is -2.60. The highest BCUT2D eigenvalue weighted by atomic mass is 19.1. The van der Waals surface area contributed by atoms with Crippen LogP contribution in [0.25, 0.3) is 0 Å². The summed E-state index contributed by atoms with van der Waals surface area (Å²) in [5.74, 6) is -0.0809. The summed E-state index contributed by atoms with van der Waals surface area (Å²) in [6.07, 6.45) is 0.835. The number of piperazine rings is 1. The van der Waals surface area contributed by atoms with Crippen molar-refractivity contribution in [1.82, 2.24) is 15.1 Å². The van der Waals surface area contributed by atoms with Gasteiger partial charge in [-0.05, 0) is 42.2 Å². The fraction of sp³-hybridized carbons (Fsp3) is 0.409. The molecular weight excluding hydrogens is 357 g/mol. The van der Waals surface area contributed by atoms with E-state index in [1.54, 1.807) is 6.07 Å². The third kappa shape index (κ3) is 5.23. The van der Waals surface area contributed by atoms with Crippen molar-refractivity contribution in [2.24, 2.45) is 0 Å². The maximum absolute atomic E-state index is 13.8. The Bertz CT molecular complexity index is 804. The fourth-order valence-electron chi connectivity index (χ4n) is 3.48. The van der Waals surface area contributed by atoms with Crippen molar-refractivity contribution in [2.75, 3.05) is 39.8 Å². The Kier molecular flexibility index (Phi) is 6.87. The van der Waals surface area contributed by atoms with Crippen molar-refractivity contribution >= 4 is 6.03 Å². The number of carbonyl (C=O) groups excluding carboxylic acids is 1. The lowest BCUT2D eigenvalue weighted by Gasteiger charge is -2.34. The van der Waals surface area contributed by atoms with Gasteiger partial charge in [-0.2, -0.15) is 0 Å². The summed E-state index contributed by atoms with van der Waals surface area (Å²) in [4.78, 5) is 16.5. The van der Waals surface area contributed by atoms with Gasteiger partial charge >= 0.3 is 6.03 Å². The minimum atomic E-state index is -0.341. The average Bonchev–Trinajstić information content (AvgIpc) is 2.70. The summed E-state index contributed by atoms with van der Waals surface area (Å²) < 4.78 is 18.8. The number of ether oxygens (including phenoxy) is 1. The highest BCUT2D eigenvalue weighted by Gasteiger charge is 2.21. The number of rotatable bonds is 6. The van der Waals surface area contributed by atoms with Crippen molar-refractivity contribution in [3.8, 4) is 5.75 Å². The van der Waals surface area contributed by atoms with Gasteiger partial charge < -0.3 is 15.0 Å². The molecule has 0 spiro atoms. The van der Waals surface area contributed by atoms with Crippen LogP contribution in [0.3, 0.4) is 0 Å². The first-order chi connectivity index (χ1) is 13.6. The van der Waals surface area contributed by atoms with Crippen LogP contribution in [-0.2, 0) is 13.0 Å². The van der Waals surface area contributed by atoms with E-state index in [0.29, 0.717) is 26.2 Å². The largest absolute Gasteiger partial charge is 0.494 e. The Balaban J connectivity index is 1.41. The molecule has 1 aliphatic heterocycles. The number of nitrogens with one attached hydrogen (secondary N) is 1. The number of hydrogen-bond donors (Lipinski definition) is 1. The predicted molar refractivity (Wildman–Crippen MR) is 108 cm³/mol. The van der Waals surface area contributed by atoms with E-state index in [4.69, 9.17) is 4.74 Å². The van der Waals surface area contributed by atoms with Crippen molar-refractivity contribution < 1.29 is 13.9 Å². The number of nitrogens with zero attached hydrogens (tertiary/aromatic N) is 2. The highest BCUT2D eigenvalue weighted by Crippen LogP contribution is 2.19. The minimum Gasteiger partial charge on any atom is -0.494 e. The van der Waals surface area contributed by atoms with Crippen LogP contribution in [0.5, 0.6) is 5.75 Å². The van der Waals surface area contributed by atoms with Gasteiger partial charge in [0.15, 0.2) is 11.6 Å². The van der Waals surface area contributed by atoms with E-state index in [9.17, 15) is 9.18 Å². The zero-order valence-corrected chi connectivity index (χ0v) is 16.6. The molecule has 1 heterocycles. The number of urea groups is 1. The molecule has 2 amide bonds. The zero-order valence-electron chi connectivity index (χ0n) is 16.6. The van der Waals surface area contributed by atoms with E-state index in [0.717, 1.165) is 25.1 Å². The zero-order chi connectivity index (χ0) is 19.9. The molecule has 0 aromatic heterocycles. The predicted octanol–water partition coefficient (Wildman–Crippen LogP) is 3.21. The summed E-state index contributed by atoms with van der Waals surface area (Å²) in [6, 6.07) is 13.3. The number of benzene rings is 2. The van der Waals surface area contributed by atoms with Gasteiger partial charge in [0.05, 0.1) is 7.11 Å². The second-order valence-corrected chi connectivity index (χ2v) is 7.14. The smallest absolute Gasteiger partial charge is 0.317 e. The van der Waals surface area contributed by atoms with Crippen molar-refractivity contribution in [3.63, 3.8) is 0 Å². The SMILES string of the molecule is COc1ccc(CN2CCN(C(=O)NCCc3ccccc3C)CC2)cc1F. The third-order valence-electron chi connectivity index (χ3n) is 5.21. The summed E-state index contributed by atoms with van der Waals surface area (Å²) in [7, 11) is 1.46. The van der Waals surface area contributed by atoms with Crippen molar-refractivity contribution in [1.29, 1.82) is 0 Å². The number of aryl methyl sites for hydroxylation is 1. The molecule has 0 unspecified atom stereocenters. The van der Waals surface area contributed by atoms with Crippen LogP contribution < -0.4 is 10.1 Å². The number of hydrogen-bond acceptors (Lipinski definition) is 3. The maximum Gasteiger partial charge on any atom is 0.317 e. The molecule has 0 saturated carbocycles. The molecular formula is C22H28FN3O2. The van der Waals surface area contributed by atoms with E-state index >= 15 is 0 Å². The lowest BCUT2D eigenvalue weighted by atomic mass is 10.1.